The molecule has 1 heterocycles. The van der Waals surface area contributed by atoms with Crippen LogP contribution in [0.2, 0.25) is 5.02 Å². The van der Waals surface area contributed by atoms with Crippen LogP contribution in [0.4, 0.5) is 5.69 Å². The van der Waals surface area contributed by atoms with Gasteiger partial charge < -0.3 is 10.1 Å². The van der Waals surface area contributed by atoms with E-state index in [-0.39, 0.29) is 18.1 Å². The van der Waals surface area contributed by atoms with Gasteiger partial charge in [-0.15, -0.1) is 0 Å². The number of hydrogen-bond donors (Lipinski definition) is 1. The van der Waals surface area contributed by atoms with E-state index < -0.39 is 15.9 Å². The number of carbonyl (C=O) groups excluding carboxylic acids is 1. The van der Waals surface area contributed by atoms with Crippen LogP contribution in [-0.2, 0) is 14.8 Å². The average molecular weight is 469 g/mol. The van der Waals surface area contributed by atoms with E-state index in [9.17, 15) is 13.2 Å². The summed E-state index contributed by atoms with van der Waals surface area (Å²) in [5, 5.41) is 3.28. The topological polar surface area (TPSA) is 75.7 Å². The number of nitrogens with one attached hydrogen (secondary N) is 1. The molecule has 0 fully saturated rings. The maximum atomic E-state index is 13.4. The number of carbonyl (C=O) groups is 1. The summed E-state index contributed by atoms with van der Waals surface area (Å²) in [6, 6.07) is 23.0. The normalized spacial score (nSPS) is 14.6. The summed E-state index contributed by atoms with van der Waals surface area (Å²) in [4.78, 5) is 12.9. The zero-order valence-corrected chi connectivity index (χ0v) is 18.9. The van der Waals surface area contributed by atoms with Gasteiger partial charge in [0.1, 0.15) is 12.4 Å². The Morgan fingerprint density at radius 3 is 2.34 bits per heavy atom. The zero-order chi connectivity index (χ0) is 22.7. The molecule has 32 heavy (non-hydrogen) atoms. The van der Waals surface area contributed by atoms with Gasteiger partial charge in [-0.1, -0.05) is 60.1 Å². The highest BCUT2D eigenvalue weighted by Gasteiger charge is 2.39. The molecule has 4 rings (SSSR count). The Balaban J connectivity index is 1.65. The number of fused-ring (bicyclic) bond motifs is 1. The Labute approximate surface area is 192 Å². The molecule has 1 aliphatic heterocycles. The Morgan fingerprint density at radius 2 is 1.62 bits per heavy atom. The summed E-state index contributed by atoms with van der Waals surface area (Å²) in [6.45, 7) is 0.307. The second kappa shape index (κ2) is 9.06. The number of para-hydroxylation sites is 1. The van der Waals surface area contributed by atoms with E-state index in [1.54, 1.807) is 48.5 Å². The lowest BCUT2D eigenvalue weighted by atomic mass is 9.95. The van der Waals surface area contributed by atoms with E-state index in [0.717, 1.165) is 4.31 Å². The third-order valence-corrected chi connectivity index (χ3v) is 7.17. The van der Waals surface area contributed by atoms with Crippen molar-refractivity contribution in [3.8, 4) is 5.75 Å². The molecule has 0 spiro atoms. The minimum Gasteiger partial charge on any atom is -0.492 e. The maximum absolute atomic E-state index is 13.4. The van der Waals surface area contributed by atoms with Crippen molar-refractivity contribution in [3.63, 3.8) is 0 Å². The van der Waals surface area contributed by atoms with E-state index in [2.05, 4.69) is 5.32 Å². The standard InChI is InChI=1S/C24H21ClN2O4S/c1-27-21-10-6-5-9-20(21)22(17-7-3-2-4-8-17)23(32(27,29)30)24(28)26-15-16-31-19-13-11-18(25)12-14-19/h2-14H,15-16H2,1H3,(H,26,28). The first kappa shape index (κ1) is 21.9. The SMILES string of the molecule is CN1c2ccccc2C(c2ccccc2)=C(C(=O)NCCOc2ccc(Cl)cc2)S1(=O)=O. The van der Waals surface area contributed by atoms with Crippen molar-refractivity contribution < 1.29 is 17.9 Å². The summed E-state index contributed by atoms with van der Waals surface area (Å²) in [7, 11) is -2.61. The van der Waals surface area contributed by atoms with Crippen molar-refractivity contribution in [1.29, 1.82) is 0 Å². The molecule has 164 valence electrons. The molecular formula is C24H21ClN2O4S. The summed E-state index contributed by atoms with van der Waals surface area (Å²) < 4.78 is 33.4. The van der Waals surface area contributed by atoms with Gasteiger partial charge in [0.05, 0.1) is 12.2 Å². The van der Waals surface area contributed by atoms with E-state index in [1.165, 1.54) is 7.05 Å². The van der Waals surface area contributed by atoms with Gasteiger partial charge >= 0.3 is 0 Å². The lowest BCUT2D eigenvalue weighted by Crippen LogP contribution is -2.40. The van der Waals surface area contributed by atoms with E-state index in [1.807, 2.05) is 30.3 Å². The Kier molecular flexibility index (Phi) is 6.21. The maximum Gasteiger partial charge on any atom is 0.270 e. The third-order valence-electron chi connectivity index (χ3n) is 5.10. The van der Waals surface area contributed by atoms with Gasteiger partial charge in [-0.2, -0.15) is 0 Å². The molecule has 3 aromatic carbocycles. The molecule has 1 N–H and O–H groups in total. The molecule has 0 aliphatic carbocycles. The Hall–Kier alpha value is -3.29. The fraction of sp³-hybridized carbons (Fsp3) is 0.125. The molecule has 0 bridgehead atoms. The second-order valence-electron chi connectivity index (χ2n) is 7.12. The van der Waals surface area contributed by atoms with Crippen LogP contribution < -0.4 is 14.4 Å². The molecular weight excluding hydrogens is 448 g/mol. The van der Waals surface area contributed by atoms with Crippen LogP contribution in [0.25, 0.3) is 5.57 Å². The molecule has 1 amide bonds. The first-order valence-electron chi connectivity index (χ1n) is 9.94. The number of benzene rings is 3. The summed E-state index contributed by atoms with van der Waals surface area (Å²) >= 11 is 5.86. The predicted molar refractivity (Wildman–Crippen MR) is 126 cm³/mol. The van der Waals surface area contributed by atoms with Crippen LogP contribution in [-0.4, -0.2) is 34.5 Å². The molecule has 1 aliphatic rings. The van der Waals surface area contributed by atoms with Gasteiger partial charge in [0.15, 0.2) is 4.91 Å². The highest BCUT2D eigenvalue weighted by molar-refractivity contribution is 7.97. The smallest absolute Gasteiger partial charge is 0.270 e. The number of halogens is 1. The van der Waals surface area contributed by atoms with Crippen LogP contribution in [0.3, 0.4) is 0 Å². The molecule has 0 saturated carbocycles. The number of nitrogens with zero attached hydrogens (tertiary/aromatic N) is 1. The van der Waals surface area contributed by atoms with Gasteiger partial charge in [-0.05, 0) is 35.9 Å². The summed E-state index contributed by atoms with van der Waals surface area (Å²) in [5.41, 5.74) is 2.24. The number of anilines is 1. The fourth-order valence-corrected chi connectivity index (χ4v) is 5.15. The van der Waals surface area contributed by atoms with Gasteiger partial charge in [0, 0.05) is 23.2 Å². The van der Waals surface area contributed by atoms with Gasteiger partial charge in [0.2, 0.25) is 0 Å². The lowest BCUT2D eigenvalue weighted by Gasteiger charge is -2.30. The van der Waals surface area contributed by atoms with Crippen molar-refractivity contribution >= 4 is 38.8 Å². The minimum absolute atomic E-state index is 0.133. The number of hydrogen-bond acceptors (Lipinski definition) is 4. The highest BCUT2D eigenvalue weighted by atomic mass is 35.5. The molecule has 0 atom stereocenters. The fourth-order valence-electron chi connectivity index (χ4n) is 3.54. The van der Waals surface area contributed by atoms with Gasteiger partial charge in [-0.3, -0.25) is 9.10 Å². The van der Waals surface area contributed by atoms with E-state index >= 15 is 0 Å². The van der Waals surface area contributed by atoms with E-state index in [0.29, 0.717) is 33.2 Å². The Morgan fingerprint density at radius 1 is 0.969 bits per heavy atom. The van der Waals surface area contributed by atoms with Crippen LogP contribution in [0.1, 0.15) is 11.1 Å². The van der Waals surface area contributed by atoms with Crippen molar-refractivity contribution in [2.24, 2.45) is 0 Å². The summed E-state index contributed by atoms with van der Waals surface area (Å²) in [5.74, 6) is -0.0725. The van der Waals surface area contributed by atoms with Crippen molar-refractivity contribution in [3.05, 3.63) is 99.9 Å². The number of ether oxygens (including phenoxy) is 1. The molecule has 3 aromatic rings. The van der Waals surface area contributed by atoms with Crippen LogP contribution >= 0.6 is 11.6 Å². The first-order chi connectivity index (χ1) is 15.4. The van der Waals surface area contributed by atoms with Gasteiger partial charge in [-0.25, -0.2) is 8.42 Å². The predicted octanol–water partition coefficient (Wildman–Crippen LogP) is 4.07. The minimum atomic E-state index is -4.06. The molecule has 0 unspecified atom stereocenters. The van der Waals surface area contributed by atoms with Gasteiger partial charge in [0.25, 0.3) is 15.9 Å². The quantitative estimate of drug-likeness (QED) is 0.553. The monoisotopic (exact) mass is 468 g/mol. The molecule has 0 radical (unpaired) electrons. The van der Waals surface area contributed by atoms with Crippen LogP contribution in [0.5, 0.6) is 5.75 Å². The molecule has 8 heteroatoms. The third kappa shape index (κ3) is 4.22. The van der Waals surface area contributed by atoms with Crippen molar-refractivity contribution in [2.75, 3.05) is 24.5 Å². The van der Waals surface area contributed by atoms with Crippen LogP contribution in [0.15, 0.2) is 83.8 Å². The Bertz CT molecular complexity index is 1270. The molecule has 0 aromatic heterocycles. The van der Waals surface area contributed by atoms with Crippen molar-refractivity contribution in [2.45, 2.75) is 0 Å². The van der Waals surface area contributed by atoms with E-state index in [4.69, 9.17) is 16.3 Å². The lowest BCUT2D eigenvalue weighted by molar-refractivity contribution is -0.116. The molecule has 0 saturated heterocycles. The number of sulfonamides is 1. The largest absolute Gasteiger partial charge is 0.492 e. The highest BCUT2D eigenvalue weighted by Crippen LogP contribution is 2.41. The number of rotatable bonds is 6. The first-order valence-corrected chi connectivity index (χ1v) is 11.8. The van der Waals surface area contributed by atoms with Crippen molar-refractivity contribution in [1.82, 2.24) is 5.32 Å². The molecule has 6 nitrogen and oxygen atoms in total. The zero-order valence-electron chi connectivity index (χ0n) is 17.3. The second-order valence-corrected chi connectivity index (χ2v) is 9.46. The number of amides is 1. The average Bonchev–Trinajstić information content (AvgIpc) is 2.80. The van der Waals surface area contributed by atoms with Crippen LogP contribution in [0, 0.1) is 0 Å². The summed E-state index contributed by atoms with van der Waals surface area (Å²) in [6.07, 6.45) is 0.